The topological polar surface area (TPSA) is 219 Å². The quantitative estimate of drug-likeness (QED) is 0.0417. The van der Waals surface area contributed by atoms with Crippen molar-refractivity contribution in [1.29, 1.82) is 0 Å². The molecule has 1 N–H and O–H groups in total. The summed E-state index contributed by atoms with van der Waals surface area (Å²) in [7, 11) is -2.62. The average Bonchev–Trinajstić information content (AvgIpc) is 3.28. The number of anilines is 1. The number of rotatable bonds is 31. The molecule has 64 heavy (non-hydrogen) atoms. The Morgan fingerprint density at radius 3 is 2.27 bits per heavy atom. The SMILES string of the molecule is CC(=O)COCCOCC(=O)NCCOP(=O)([O-])OCC(COC=O)OC=O.CCCCOCCOCCN(C)c1cccc(-c2ccc(C3=Nc4cc(C)ccc4OC3)cc2)c1.[Na+]. The van der Waals surface area contributed by atoms with Crippen LogP contribution in [0.1, 0.15) is 37.8 Å². The van der Waals surface area contributed by atoms with Crippen LogP contribution < -0.4 is 49.4 Å². The molecule has 0 radical (unpaired) electrons. The van der Waals surface area contributed by atoms with E-state index in [0.717, 1.165) is 48.7 Å². The summed E-state index contributed by atoms with van der Waals surface area (Å²) >= 11 is 0. The van der Waals surface area contributed by atoms with E-state index in [1.165, 1.54) is 29.3 Å². The van der Waals surface area contributed by atoms with Gasteiger partial charge in [-0.3, -0.25) is 23.7 Å². The van der Waals surface area contributed by atoms with Crippen molar-refractivity contribution in [2.75, 3.05) is 104 Å². The van der Waals surface area contributed by atoms with Gasteiger partial charge >= 0.3 is 29.6 Å². The maximum Gasteiger partial charge on any atom is 1.00 e. The number of likely N-dealkylation sites (N-methyl/N-ethyl adjacent to an activating group) is 1. The molecule has 346 valence electrons. The van der Waals surface area contributed by atoms with Crippen molar-refractivity contribution in [3.05, 3.63) is 77.9 Å². The number of Topliss-reactive ketones (excluding diaryl/α,β-unsaturated/α-hetero) is 1. The standard InChI is InChI=1S/C30H36N2O3.C14H24NO12P.Na/c1-4-5-16-33-18-19-34-17-15-32(3)27-8-6-7-26(21-27)24-10-12-25(13-11-24)29-22-35-30-14-9-23(2)20-28(30)31-29;1-12(18)6-22-4-5-23-9-14(19)15-2-3-26-28(20,21)27-8-13(25-11-17)7-24-10-16;/h6-14,20-21H,4-5,15-19,22H2,1-3H3;10-11,13H,2-9H2,1H3,(H,15,19)(H,20,21);/q;;+1/p-1. The van der Waals surface area contributed by atoms with E-state index in [0.29, 0.717) is 26.4 Å². The van der Waals surface area contributed by atoms with Crippen LogP contribution in [-0.2, 0) is 61.2 Å². The second kappa shape index (κ2) is 32.6. The maximum absolute atomic E-state index is 11.5. The summed E-state index contributed by atoms with van der Waals surface area (Å²) in [5.74, 6) is 0.211. The molecule has 3 aromatic rings. The molecule has 0 saturated carbocycles. The molecule has 1 aliphatic rings. The molecule has 2 unspecified atom stereocenters. The van der Waals surface area contributed by atoms with E-state index >= 15 is 0 Å². The number of nitrogens with zero attached hydrogens (tertiary/aromatic N) is 2. The minimum Gasteiger partial charge on any atom is -0.756 e. The number of ether oxygens (including phenoxy) is 7. The van der Waals surface area contributed by atoms with Crippen molar-refractivity contribution in [3.8, 4) is 16.9 Å². The first kappa shape index (κ1) is 56.1. The number of amides is 1. The predicted molar refractivity (Wildman–Crippen MR) is 232 cm³/mol. The van der Waals surface area contributed by atoms with Crippen molar-refractivity contribution in [3.63, 3.8) is 0 Å². The molecule has 18 nitrogen and oxygen atoms in total. The van der Waals surface area contributed by atoms with Gasteiger partial charge in [0.05, 0.1) is 52.0 Å². The zero-order chi connectivity index (χ0) is 45.7. The molecule has 0 aliphatic carbocycles. The Labute approximate surface area is 397 Å². The monoisotopic (exact) mass is 923 g/mol. The Morgan fingerprint density at radius 1 is 0.859 bits per heavy atom. The van der Waals surface area contributed by atoms with Crippen LogP contribution in [0.5, 0.6) is 5.75 Å². The molecule has 0 saturated heterocycles. The fourth-order valence-electron chi connectivity index (χ4n) is 5.45. The van der Waals surface area contributed by atoms with Crippen molar-refractivity contribution >= 4 is 49.5 Å². The summed E-state index contributed by atoms with van der Waals surface area (Å²) in [6.45, 7) is 8.30. The van der Waals surface area contributed by atoms with Crippen LogP contribution in [0.4, 0.5) is 11.4 Å². The molecule has 4 rings (SSSR count). The molecule has 1 amide bonds. The maximum atomic E-state index is 11.5. The van der Waals surface area contributed by atoms with Gasteiger partial charge in [-0.2, -0.15) is 0 Å². The molecular weight excluding hydrogens is 864 g/mol. The van der Waals surface area contributed by atoms with Crippen LogP contribution in [0.2, 0.25) is 0 Å². The van der Waals surface area contributed by atoms with Crippen molar-refractivity contribution in [1.82, 2.24) is 5.32 Å². The summed E-state index contributed by atoms with van der Waals surface area (Å²) in [6.07, 6.45) is 1.15. The molecule has 1 aliphatic heterocycles. The summed E-state index contributed by atoms with van der Waals surface area (Å²) < 4.78 is 56.5. The third kappa shape index (κ3) is 23.2. The van der Waals surface area contributed by atoms with E-state index in [1.54, 1.807) is 0 Å². The first-order valence-corrected chi connectivity index (χ1v) is 21.9. The molecule has 3 aromatic carbocycles. The van der Waals surface area contributed by atoms with Gasteiger partial charge < -0.3 is 57.3 Å². The summed E-state index contributed by atoms with van der Waals surface area (Å²) in [5.41, 5.74) is 7.67. The molecule has 20 heteroatoms. The van der Waals surface area contributed by atoms with Gasteiger partial charge in [-0.1, -0.05) is 55.8 Å². The van der Waals surface area contributed by atoms with E-state index in [9.17, 15) is 28.6 Å². The van der Waals surface area contributed by atoms with Gasteiger partial charge in [-0.25, -0.2) is 4.99 Å². The van der Waals surface area contributed by atoms with Gasteiger partial charge in [0.1, 0.15) is 37.9 Å². The van der Waals surface area contributed by atoms with Crippen LogP contribution in [-0.4, -0.2) is 136 Å². The minimum atomic E-state index is -4.72. The smallest absolute Gasteiger partial charge is 0.756 e. The second-order valence-corrected chi connectivity index (χ2v) is 15.4. The molecule has 0 bridgehead atoms. The average molecular weight is 924 g/mol. The predicted octanol–water partition coefficient (Wildman–Crippen LogP) is 1.39. The van der Waals surface area contributed by atoms with Crippen LogP contribution in [0.25, 0.3) is 11.1 Å². The second-order valence-electron chi connectivity index (χ2n) is 14.0. The molecular formula is C44H59N3NaO15P. The van der Waals surface area contributed by atoms with E-state index in [2.05, 4.69) is 110 Å². The first-order valence-electron chi connectivity index (χ1n) is 20.5. The van der Waals surface area contributed by atoms with Gasteiger partial charge in [-0.15, -0.1) is 0 Å². The van der Waals surface area contributed by atoms with E-state index in [-0.39, 0.29) is 81.3 Å². The van der Waals surface area contributed by atoms with Crippen LogP contribution >= 0.6 is 7.82 Å². The first-order chi connectivity index (χ1) is 30.4. The molecule has 2 atom stereocenters. The Kier molecular flexibility index (Phi) is 28.6. The Morgan fingerprint density at radius 2 is 1.56 bits per heavy atom. The number of carbonyl (C=O) groups is 4. The Balaban J connectivity index is 0.000000446. The van der Waals surface area contributed by atoms with Gasteiger partial charge in [0.15, 0.2) is 11.9 Å². The minimum absolute atomic E-state index is 0. The number of phosphoric acid groups is 1. The molecule has 0 fully saturated rings. The number of hydrogen-bond acceptors (Lipinski definition) is 17. The van der Waals surface area contributed by atoms with E-state index in [1.807, 2.05) is 6.07 Å². The number of nitrogens with one attached hydrogen (secondary N) is 1. The number of phosphoric ester groups is 1. The molecule has 0 aromatic heterocycles. The Bertz CT molecular complexity index is 1920. The fourth-order valence-corrected chi connectivity index (χ4v) is 6.18. The third-order valence-electron chi connectivity index (χ3n) is 8.76. The van der Waals surface area contributed by atoms with Crippen molar-refractivity contribution in [2.45, 2.75) is 39.7 Å². The number of carbonyl (C=O) groups excluding carboxylic acids is 4. The third-order valence-corrected chi connectivity index (χ3v) is 9.72. The van der Waals surface area contributed by atoms with E-state index < -0.39 is 39.7 Å². The Hall–Kier alpha value is -4.04. The summed E-state index contributed by atoms with van der Waals surface area (Å²) in [5, 5.41) is 2.35. The number of ketones is 1. The van der Waals surface area contributed by atoms with Gasteiger partial charge in [0.25, 0.3) is 20.8 Å². The summed E-state index contributed by atoms with van der Waals surface area (Å²) in [6, 6.07) is 23.3. The zero-order valence-electron chi connectivity index (χ0n) is 37.4. The van der Waals surface area contributed by atoms with Gasteiger partial charge in [0, 0.05) is 32.4 Å². The van der Waals surface area contributed by atoms with Crippen LogP contribution in [0.15, 0.2) is 71.7 Å². The fraction of sp³-hybridized carbons (Fsp3) is 0.477. The zero-order valence-corrected chi connectivity index (χ0v) is 40.3. The van der Waals surface area contributed by atoms with Crippen molar-refractivity contribution < 1.29 is 100 Å². The number of hydrogen-bond donors (Lipinski definition) is 1. The van der Waals surface area contributed by atoms with Crippen molar-refractivity contribution in [2.24, 2.45) is 4.99 Å². The molecule has 0 spiro atoms. The normalized spacial score (nSPS) is 12.9. The number of aryl methyl sites for hydroxylation is 1. The number of benzene rings is 3. The van der Waals surface area contributed by atoms with Gasteiger partial charge in [-0.05, 0) is 66.8 Å². The number of unbranched alkanes of at least 4 members (excludes halogenated alkanes) is 1. The molecule has 1 heterocycles. The van der Waals surface area contributed by atoms with Gasteiger partial charge in [0.2, 0.25) is 5.91 Å². The number of aliphatic imine (C=N–C) groups is 1. The van der Waals surface area contributed by atoms with Crippen LogP contribution in [0, 0.1) is 6.92 Å². The van der Waals surface area contributed by atoms with E-state index in [4.69, 9.17) is 28.7 Å². The van der Waals surface area contributed by atoms with Crippen LogP contribution in [0.3, 0.4) is 0 Å². The summed E-state index contributed by atoms with van der Waals surface area (Å²) in [4.78, 5) is 61.0. The largest absolute Gasteiger partial charge is 1.00 e. The number of fused-ring (bicyclic) bond motifs is 1.